The zero-order valence-corrected chi connectivity index (χ0v) is 10.5. The van der Waals surface area contributed by atoms with Gasteiger partial charge in [-0.15, -0.1) is 0 Å². The number of nitrogens with zero attached hydrogens (tertiary/aromatic N) is 3. The van der Waals surface area contributed by atoms with Crippen molar-refractivity contribution in [2.75, 3.05) is 0 Å². The van der Waals surface area contributed by atoms with Gasteiger partial charge in [-0.25, -0.2) is 0 Å². The van der Waals surface area contributed by atoms with Gasteiger partial charge in [-0.05, 0) is 42.5 Å². The monoisotopic (exact) mass is 209 g/mol. The van der Waals surface area contributed by atoms with Crippen LogP contribution in [0.1, 0.15) is 59.8 Å². The highest BCUT2D eigenvalue weighted by atomic mass is 15.2. The molecular weight excluding hydrogens is 186 g/mol. The van der Waals surface area contributed by atoms with Crippen LogP contribution in [0, 0.1) is 11.3 Å². The van der Waals surface area contributed by atoms with E-state index in [2.05, 4.69) is 37.7 Å². The van der Waals surface area contributed by atoms with Gasteiger partial charge in [-0.3, -0.25) is 0 Å². The van der Waals surface area contributed by atoms with Gasteiger partial charge in [0, 0.05) is 10.5 Å². The Hall–Kier alpha value is -0.690. The first kappa shape index (κ1) is 12.4. The summed E-state index contributed by atoms with van der Waals surface area (Å²) in [5, 5.41) is 4.02. The summed E-state index contributed by atoms with van der Waals surface area (Å²) in [6, 6.07) is 0. The SMILES string of the molecule is CCC[C@@]1(C)C[C@H](C)C[C@@](C)(N=[N+]=[N-])C1. The number of hydrogen-bond acceptors (Lipinski definition) is 1. The van der Waals surface area contributed by atoms with Crippen LogP contribution in [0.15, 0.2) is 5.11 Å². The average molecular weight is 209 g/mol. The van der Waals surface area contributed by atoms with Crippen LogP contribution in [0.25, 0.3) is 10.4 Å². The zero-order valence-electron chi connectivity index (χ0n) is 10.5. The van der Waals surface area contributed by atoms with Gasteiger partial charge >= 0.3 is 0 Å². The summed E-state index contributed by atoms with van der Waals surface area (Å²) >= 11 is 0. The molecule has 0 aromatic carbocycles. The molecule has 1 rings (SSSR count). The molecule has 0 unspecified atom stereocenters. The van der Waals surface area contributed by atoms with Gasteiger partial charge in [-0.1, -0.05) is 39.2 Å². The third-order valence-corrected chi connectivity index (χ3v) is 3.58. The normalized spacial score (nSPS) is 40.9. The van der Waals surface area contributed by atoms with Crippen LogP contribution in [0.5, 0.6) is 0 Å². The van der Waals surface area contributed by atoms with Crippen molar-refractivity contribution in [2.45, 2.75) is 65.3 Å². The second-order valence-electron chi connectivity index (χ2n) is 5.94. The lowest BCUT2D eigenvalue weighted by Gasteiger charge is -2.45. The van der Waals surface area contributed by atoms with E-state index in [4.69, 9.17) is 5.53 Å². The molecule has 3 atom stereocenters. The first-order valence-electron chi connectivity index (χ1n) is 5.99. The quantitative estimate of drug-likeness (QED) is 0.368. The molecule has 0 saturated heterocycles. The predicted octanol–water partition coefficient (Wildman–Crippen LogP) is 4.68. The molecule has 1 aliphatic carbocycles. The summed E-state index contributed by atoms with van der Waals surface area (Å²) in [5.41, 5.74) is 8.84. The van der Waals surface area contributed by atoms with E-state index in [0.29, 0.717) is 11.3 Å². The van der Waals surface area contributed by atoms with Crippen molar-refractivity contribution in [3.8, 4) is 0 Å². The van der Waals surface area contributed by atoms with Crippen LogP contribution in [0.3, 0.4) is 0 Å². The Morgan fingerprint density at radius 3 is 2.60 bits per heavy atom. The third kappa shape index (κ3) is 3.13. The second kappa shape index (κ2) is 4.44. The Kier molecular flexibility index (Phi) is 3.67. The molecule has 1 aliphatic rings. The molecule has 0 amide bonds. The second-order valence-corrected chi connectivity index (χ2v) is 5.94. The van der Waals surface area contributed by atoms with E-state index in [1.165, 1.54) is 19.3 Å². The van der Waals surface area contributed by atoms with Crippen molar-refractivity contribution in [3.63, 3.8) is 0 Å². The fourth-order valence-electron chi connectivity index (χ4n) is 3.71. The molecule has 3 heteroatoms. The van der Waals surface area contributed by atoms with Gasteiger partial charge in [0.1, 0.15) is 0 Å². The smallest absolute Gasteiger partial charge is 0.0467 e. The highest BCUT2D eigenvalue weighted by molar-refractivity contribution is 4.97. The maximum Gasteiger partial charge on any atom is 0.0467 e. The first-order chi connectivity index (χ1) is 6.93. The molecule has 0 aromatic heterocycles. The van der Waals surface area contributed by atoms with E-state index in [1.807, 2.05) is 0 Å². The Bertz CT molecular complexity index is 270. The third-order valence-electron chi connectivity index (χ3n) is 3.58. The molecule has 0 aromatic rings. The summed E-state index contributed by atoms with van der Waals surface area (Å²) in [7, 11) is 0. The Balaban J connectivity index is 2.83. The summed E-state index contributed by atoms with van der Waals surface area (Å²) < 4.78 is 0. The lowest BCUT2D eigenvalue weighted by molar-refractivity contribution is 0.0929. The molecular formula is C12H23N3. The molecule has 1 saturated carbocycles. The summed E-state index contributed by atoms with van der Waals surface area (Å²) in [5.74, 6) is 0.672. The summed E-state index contributed by atoms with van der Waals surface area (Å²) in [4.78, 5) is 3.02. The van der Waals surface area contributed by atoms with Crippen LogP contribution in [-0.2, 0) is 0 Å². The van der Waals surface area contributed by atoms with E-state index in [-0.39, 0.29) is 5.54 Å². The van der Waals surface area contributed by atoms with Crippen LogP contribution in [0.2, 0.25) is 0 Å². The highest BCUT2D eigenvalue weighted by Gasteiger charge is 2.41. The Labute approximate surface area is 92.9 Å². The van der Waals surface area contributed by atoms with Gasteiger partial charge in [-0.2, -0.15) is 0 Å². The molecule has 3 nitrogen and oxygen atoms in total. The molecule has 0 radical (unpaired) electrons. The lowest BCUT2D eigenvalue weighted by Crippen LogP contribution is -2.39. The topological polar surface area (TPSA) is 48.8 Å². The summed E-state index contributed by atoms with van der Waals surface area (Å²) in [6.07, 6.45) is 5.82. The van der Waals surface area contributed by atoms with Crippen molar-refractivity contribution >= 4 is 0 Å². The number of hydrogen-bond donors (Lipinski definition) is 0. The van der Waals surface area contributed by atoms with E-state index in [0.717, 1.165) is 12.8 Å². The lowest BCUT2D eigenvalue weighted by atomic mass is 9.63. The van der Waals surface area contributed by atoms with Crippen molar-refractivity contribution in [1.82, 2.24) is 0 Å². The van der Waals surface area contributed by atoms with Crippen LogP contribution in [-0.4, -0.2) is 5.54 Å². The van der Waals surface area contributed by atoms with Crippen molar-refractivity contribution in [3.05, 3.63) is 10.4 Å². The van der Waals surface area contributed by atoms with Gasteiger partial charge in [0.05, 0.1) is 0 Å². The van der Waals surface area contributed by atoms with E-state index in [9.17, 15) is 0 Å². The highest BCUT2D eigenvalue weighted by Crippen LogP contribution is 2.48. The Morgan fingerprint density at radius 1 is 1.40 bits per heavy atom. The van der Waals surface area contributed by atoms with Crippen LogP contribution in [0.4, 0.5) is 0 Å². The van der Waals surface area contributed by atoms with Gasteiger partial charge in [0.15, 0.2) is 0 Å². The minimum Gasteiger partial charge on any atom is -0.0875 e. The molecule has 0 spiro atoms. The molecule has 0 N–H and O–H groups in total. The molecule has 0 bridgehead atoms. The molecule has 15 heavy (non-hydrogen) atoms. The van der Waals surface area contributed by atoms with Crippen molar-refractivity contribution in [1.29, 1.82) is 0 Å². The van der Waals surface area contributed by atoms with Crippen LogP contribution >= 0.6 is 0 Å². The number of rotatable bonds is 3. The van der Waals surface area contributed by atoms with Crippen molar-refractivity contribution in [2.24, 2.45) is 16.4 Å². The van der Waals surface area contributed by atoms with Crippen LogP contribution < -0.4 is 0 Å². The van der Waals surface area contributed by atoms with E-state index < -0.39 is 0 Å². The fourth-order valence-corrected chi connectivity index (χ4v) is 3.71. The first-order valence-corrected chi connectivity index (χ1v) is 5.99. The fraction of sp³-hybridized carbons (Fsp3) is 1.00. The van der Waals surface area contributed by atoms with Gasteiger partial charge < -0.3 is 0 Å². The molecule has 86 valence electrons. The zero-order chi connectivity index (χ0) is 11.5. The molecule has 0 heterocycles. The number of azide groups is 1. The van der Waals surface area contributed by atoms with E-state index >= 15 is 0 Å². The maximum atomic E-state index is 8.63. The predicted molar refractivity (Wildman–Crippen MR) is 63.6 cm³/mol. The van der Waals surface area contributed by atoms with Crippen molar-refractivity contribution < 1.29 is 0 Å². The standard InChI is InChI=1S/C12H23N3/c1-5-6-11(3)7-10(2)8-12(4,9-11)14-15-13/h10H,5-9H2,1-4H3/t10-,11-,12+/m0/s1. The minimum absolute atomic E-state index is 0.156. The largest absolute Gasteiger partial charge is 0.0875 e. The average Bonchev–Trinajstić information content (AvgIpc) is 1.99. The van der Waals surface area contributed by atoms with Gasteiger partial charge in [0.25, 0.3) is 0 Å². The molecule has 0 aliphatic heterocycles. The van der Waals surface area contributed by atoms with E-state index in [1.54, 1.807) is 0 Å². The summed E-state index contributed by atoms with van der Waals surface area (Å²) in [6.45, 7) is 8.96. The molecule has 1 fully saturated rings. The van der Waals surface area contributed by atoms with Gasteiger partial charge in [0.2, 0.25) is 0 Å². The Morgan fingerprint density at radius 2 is 2.07 bits per heavy atom. The maximum absolute atomic E-state index is 8.63. The minimum atomic E-state index is -0.156.